The first-order valence-corrected chi connectivity index (χ1v) is 10.8. The third-order valence-electron chi connectivity index (χ3n) is 5.20. The molecular weight excluding hydrogens is 383 g/mol. The molecule has 0 amide bonds. The Morgan fingerprint density at radius 1 is 1.40 bits per heavy atom. The van der Waals surface area contributed by atoms with E-state index in [0.717, 1.165) is 55.5 Å². The van der Waals surface area contributed by atoms with E-state index in [9.17, 15) is 4.39 Å². The van der Waals surface area contributed by atoms with Gasteiger partial charge in [0, 0.05) is 43.7 Å². The van der Waals surface area contributed by atoms with Gasteiger partial charge in [-0.1, -0.05) is 19.0 Å². The van der Waals surface area contributed by atoms with Crippen LogP contribution < -0.4 is 15.5 Å². The van der Waals surface area contributed by atoms with Crippen LogP contribution in [-0.2, 0) is 6.42 Å². The highest BCUT2D eigenvalue weighted by molar-refractivity contribution is 5.80. The molecule has 1 aromatic heterocycles. The second-order valence-corrected chi connectivity index (χ2v) is 8.07. The molecule has 1 unspecified atom stereocenters. The van der Waals surface area contributed by atoms with Gasteiger partial charge in [0.05, 0.1) is 6.54 Å². The largest absolute Gasteiger partial charge is 0.369 e. The van der Waals surface area contributed by atoms with E-state index in [1.165, 1.54) is 6.07 Å². The number of rotatable bonds is 7. The Morgan fingerprint density at radius 2 is 2.23 bits per heavy atom. The first-order chi connectivity index (χ1) is 14.5. The van der Waals surface area contributed by atoms with Gasteiger partial charge in [0.1, 0.15) is 5.82 Å². The van der Waals surface area contributed by atoms with Gasteiger partial charge >= 0.3 is 0 Å². The summed E-state index contributed by atoms with van der Waals surface area (Å²) in [7, 11) is 0. The lowest BCUT2D eigenvalue weighted by Crippen LogP contribution is -2.51. The number of anilines is 1. The first kappa shape index (κ1) is 22.1. The van der Waals surface area contributed by atoms with Crippen LogP contribution in [0.4, 0.5) is 10.1 Å². The molecule has 2 N–H and O–H groups in total. The van der Waals surface area contributed by atoms with E-state index in [1.807, 2.05) is 26.8 Å². The minimum Gasteiger partial charge on any atom is -0.369 e. The minimum absolute atomic E-state index is 0.189. The van der Waals surface area contributed by atoms with Gasteiger partial charge in [-0.25, -0.2) is 4.39 Å². The van der Waals surface area contributed by atoms with Crippen LogP contribution in [0.1, 0.15) is 56.8 Å². The number of piperidine rings is 1. The Labute approximate surface area is 178 Å². The molecule has 0 radical (unpaired) electrons. The van der Waals surface area contributed by atoms with E-state index < -0.39 is 0 Å². The average Bonchev–Trinajstić information content (AvgIpc) is 3.18. The molecular formula is C22H33FN6O. The molecule has 7 nitrogen and oxygen atoms in total. The Morgan fingerprint density at radius 3 is 2.93 bits per heavy atom. The van der Waals surface area contributed by atoms with Gasteiger partial charge in [-0.3, -0.25) is 4.99 Å². The van der Waals surface area contributed by atoms with E-state index in [1.54, 1.807) is 6.07 Å². The first-order valence-electron chi connectivity index (χ1n) is 10.8. The Bertz CT molecular complexity index is 850. The molecule has 164 valence electrons. The third-order valence-corrected chi connectivity index (χ3v) is 5.20. The highest BCUT2D eigenvalue weighted by atomic mass is 19.1. The number of aliphatic imine (C=N–C) groups is 1. The van der Waals surface area contributed by atoms with Crippen LogP contribution in [0.2, 0.25) is 0 Å². The highest BCUT2D eigenvalue weighted by Gasteiger charge is 2.22. The van der Waals surface area contributed by atoms with Gasteiger partial charge in [0.25, 0.3) is 0 Å². The van der Waals surface area contributed by atoms with Crippen molar-refractivity contribution in [2.75, 3.05) is 31.1 Å². The van der Waals surface area contributed by atoms with E-state index >= 15 is 0 Å². The topological polar surface area (TPSA) is 78.6 Å². The van der Waals surface area contributed by atoms with Crippen molar-refractivity contribution in [3.8, 4) is 0 Å². The molecule has 1 aromatic carbocycles. The fourth-order valence-corrected chi connectivity index (χ4v) is 3.67. The molecule has 1 fully saturated rings. The Kier molecular flexibility index (Phi) is 7.65. The average molecular weight is 417 g/mol. The predicted molar refractivity (Wildman–Crippen MR) is 118 cm³/mol. The molecule has 0 saturated carbocycles. The minimum atomic E-state index is -0.189. The molecule has 1 saturated heterocycles. The summed E-state index contributed by atoms with van der Waals surface area (Å²) in [4.78, 5) is 11.4. The fourth-order valence-electron chi connectivity index (χ4n) is 3.67. The summed E-state index contributed by atoms with van der Waals surface area (Å²) in [5.74, 6) is 2.21. The number of nitrogens with zero attached hydrogens (tertiary/aromatic N) is 4. The highest BCUT2D eigenvalue weighted by Crippen LogP contribution is 2.24. The second-order valence-electron chi connectivity index (χ2n) is 8.07. The van der Waals surface area contributed by atoms with Gasteiger partial charge in [-0.15, -0.1) is 0 Å². The van der Waals surface area contributed by atoms with Crippen molar-refractivity contribution in [1.29, 1.82) is 0 Å². The van der Waals surface area contributed by atoms with Gasteiger partial charge < -0.3 is 20.1 Å². The van der Waals surface area contributed by atoms with Crippen molar-refractivity contribution in [3.63, 3.8) is 0 Å². The summed E-state index contributed by atoms with van der Waals surface area (Å²) in [5, 5.41) is 10.9. The van der Waals surface area contributed by atoms with Crippen molar-refractivity contribution >= 4 is 11.6 Å². The van der Waals surface area contributed by atoms with Gasteiger partial charge in [-0.2, -0.15) is 4.98 Å². The summed E-state index contributed by atoms with van der Waals surface area (Å²) in [6, 6.07) is 5.28. The molecule has 8 heteroatoms. The SMILES string of the molecule is CCNC(=NCCc1nc(C(C)C)no1)NC1CCCN(c2ccc(F)cc2C)C1. The summed E-state index contributed by atoms with van der Waals surface area (Å²) >= 11 is 0. The molecule has 2 aromatic rings. The maximum absolute atomic E-state index is 13.5. The number of guanidine groups is 1. The molecule has 0 spiro atoms. The molecule has 0 bridgehead atoms. The summed E-state index contributed by atoms with van der Waals surface area (Å²) in [5.41, 5.74) is 2.07. The standard InChI is InChI=1S/C22H33FN6O/c1-5-24-22(25-11-10-20-27-21(15(2)3)28-30-20)26-18-7-6-12-29(14-18)19-9-8-17(23)13-16(19)4/h8-9,13,15,18H,5-7,10-12,14H2,1-4H3,(H2,24,25,26). The lowest BCUT2D eigenvalue weighted by Gasteiger charge is -2.36. The number of aromatic nitrogens is 2. The van der Waals surface area contributed by atoms with E-state index in [4.69, 9.17) is 4.52 Å². The van der Waals surface area contributed by atoms with E-state index in [2.05, 4.69) is 37.6 Å². The Hall–Kier alpha value is -2.64. The van der Waals surface area contributed by atoms with E-state index in [-0.39, 0.29) is 17.8 Å². The van der Waals surface area contributed by atoms with Crippen molar-refractivity contribution < 1.29 is 8.91 Å². The number of aryl methyl sites for hydroxylation is 1. The van der Waals surface area contributed by atoms with Crippen molar-refractivity contribution in [3.05, 3.63) is 41.3 Å². The summed E-state index contributed by atoms with van der Waals surface area (Å²) in [6.45, 7) is 11.3. The molecule has 0 aliphatic carbocycles. The number of hydrogen-bond donors (Lipinski definition) is 2. The van der Waals surface area contributed by atoms with Gasteiger partial charge in [0.2, 0.25) is 5.89 Å². The van der Waals surface area contributed by atoms with Crippen LogP contribution in [0.3, 0.4) is 0 Å². The quantitative estimate of drug-likeness (QED) is 0.532. The normalized spacial score (nSPS) is 17.5. The lowest BCUT2D eigenvalue weighted by molar-refractivity contribution is 0.372. The molecule has 30 heavy (non-hydrogen) atoms. The number of benzene rings is 1. The van der Waals surface area contributed by atoms with Gasteiger partial charge in [0.15, 0.2) is 11.8 Å². The van der Waals surface area contributed by atoms with Gasteiger partial charge in [-0.05, 0) is 50.5 Å². The van der Waals surface area contributed by atoms with E-state index in [0.29, 0.717) is 18.9 Å². The van der Waals surface area contributed by atoms with Crippen LogP contribution in [0, 0.1) is 12.7 Å². The fraction of sp³-hybridized carbons (Fsp3) is 0.591. The van der Waals surface area contributed by atoms with Crippen LogP contribution in [0.5, 0.6) is 0 Å². The van der Waals surface area contributed by atoms with Crippen molar-refractivity contribution in [2.45, 2.75) is 58.9 Å². The Balaban J connectivity index is 1.58. The molecule has 1 aliphatic rings. The summed E-state index contributed by atoms with van der Waals surface area (Å²) in [6.07, 6.45) is 2.76. The van der Waals surface area contributed by atoms with Crippen LogP contribution >= 0.6 is 0 Å². The number of hydrogen-bond acceptors (Lipinski definition) is 5. The number of halogens is 1. The maximum Gasteiger partial charge on any atom is 0.228 e. The van der Waals surface area contributed by atoms with Crippen LogP contribution in [-0.4, -0.2) is 48.3 Å². The maximum atomic E-state index is 13.5. The van der Waals surface area contributed by atoms with Crippen molar-refractivity contribution in [1.82, 2.24) is 20.8 Å². The number of nitrogens with one attached hydrogen (secondary N) is 2. The zero-order valence-corrected chi connectivity index (χ0v) is 18.4. The molecule has 1 aliphatic heterocycles. The van der Waals surface area contributed by atoms with Crippen LogP contribution in [0.25, 0.3) is 0 Å². The molecule has 1 atom stereocenters. The van der Waals surface area contributed by atoms with Crippen LogP contribution in [0.15, 0.2) is 27.7 Å². The smallest absolute Gasteiger partial charge is 0.228 e. The predicted octanol–water partition coefficient (Wildman–Crippen LogP) is 3.41. The van der Waals surface area contributed by atoms with Crippen molar-refractivity contribution in [2.24, 2.45) is 4.99 Å². The lowest BCUT2D eigenvalue weighted by atomic mass is 10.0. The zero-order valence-electron chi connectivity index (χ0n) is 18.4. The second kappa shape index (κ2) is 10.4. The molecule has 3 rings (SSSR count). The molecule has 2 heterocycles. The third kappa shape index (κ3) is 5.93. The zero-order chi connectivity index (χ0) is 21.5. The summed E-state index contributed by atoms with van der Waals surface area (Å²) < 4.78 is 18.8. The monoisotopic (exact) mass is 416 g/mol.